The fourth-order valence-corrected chi connectivity index (χ4v) is 2.76. The van der Waals surface area contributed by atoms with E-state index in [9.17, 15) is 14.4 Å². The smallest absolute Gasteiger partial charge is 0.313 e. The first-order chi connectivity index (χ1) is 14.1. The molecule has 0 aliphatic carbocycles. The van der Waals surface area contributed by atoms with Crippen LogP contribution in [0.15, 0.2) is 42.5 Å². The second-order valence-corrected chi connectivity index (χ2v) is 6.48. The first-order valence-electron chi connectivity index (χ1n) is 9.43. The molecule has 0 saturated carbocycles. The standard InChI is InChI=1S/C21H23N3O5/c1-2-3-10-22-20(26)21(27)24-16-7-5-4-6-15(16)19(25)23-12-14-8-9-17-18(11-14)29-13-28-17/h4-9,11H,2-3,10,12-13H2,1H3,(H,22,26)(H,23,25)(H,24,27). The van der Waals surface area contributed by atoms with Gasteiger partial charge in [-0.3, -0.25) is 14.4 Å². The Morgan fingerprint density at radius 2 is 1.76 bits per heavy atom. The van der Waals surface area contributed by atoms with Gasteiger partial charge in [-0.15, -0.1) is 0 Å². The van der Waals surface area contributed by atoms with Crippen molar-refractivity contribution in [2.24, 2.45) is 0 Å². The number of unbranched alkanes of at least 4 members (excludes halogenated alkanes) is 1. The summed E-state index contributed by atoms with van der Waals surface area (Å²) in [5.74, 6) is -0.597. The third-order valence-electron chi connectivity index (χ3n) is 4.33. The van der Waals surface area contributed by atoms with Crippen molar-refractivity contribution in [1.29, 1.82) is 0 Å². The number of amides is 3. The van der Waals surface area contributed by atoms with Gasteiger partial charge < -0.3 is 25.4 Å². The highest BCUT2D eigenvalue weighted by Crippen LogP contribution is 2.32. The summed E-state index contributed by atoms with van der Waals surface area (Å²) in [7, 11) is 0. The van der Waals surface area contributed by atoms with Gasteiger partial charge in [-0.05, 0) is 36.2 Å². The van der Waals surface area contributed by atoms with E-state index in [0.717, 1.165) is 18.4 Å². The molecule has 0 aromatic heterocycles. The molecule has 0 unspecified atom stereocenters. The minimum Gasteiger partial charge on any atom is -0.454 e. The topological polar surface area (TPSA) is 106 Å². The zero-order chi connectivity index (χ0) is 20.6. The van der Waals surface area contributed by atoms with Crippen LogP contribution < -0.4 is 25.4 Å². The summed E-state index contributed by atoms with van der Waals surface area (Å²) >= 11 is 0. The van der Waals surface area contributed by atoms with Crippen molar-refractivity contribution in [3.8, 4) is 11.5 Å². The molecule has 1 aliphatic heterocycles. The Kier molecular flexibility index (Phi) is 6.67. The third kappa shape index (κ3) is 5.25. The number of hydrogen-bond donors (Lipinski definition) is 3. The van der Waals surface area contributed by atoms with Crippen LogP contribution in [0.1, 0.15) is 35.7 Å². The van der Waals surface area contributed by atoms with E-state index in [1.165, 1.54) is 0 Å². The summed E-state index contributed by atoms with van der Waals surface area (Å²) in [5, 5.41) is 7.85. The number of benzene rings is 2. The molecule has 8 nitrogen and oxygen atoms in total. The molecule has 3 amide bonds. The molecule has 0 atom stereocenters. The van der Waals surface area contributed by atoms with Crippen LogP contribution in [0.3, 0.4) is 0 Å². The first kappa shape index (κ1) is 20.2. The van der Waals surface area contributed by atoms with Gasteiger partial charge in [0.2, 0.25) is 6.79 Å². The number of para-hydroxylation sites is 1. The van der Waals surface area contributed by atoms with Gasteiger partial charge in [-0.2, -0.15) is 0 Å². The number of carbonyl (C=O) groups is 3. The van der Waals surface area contributed by atoms with Gasteiger partial charge in [-0.1, -0.05) is 31.5 Å². The van der Waals surface area contributed by atoms with E-state index < -0.39 is 11.8 Å². The van der Waals surface area contributed by atoms with Crippen LogP contribution in [-0.2, 0) is 16.1 Å². The summed E-state index contributed by atoms with van der Waals surface area (Å²) in [6.07, 6.45) is 1.70. The monoisotopic (exact) mass is 397 g/mol. The molecule has 29 heavy (non-hydrogen) atoms. The van der Waals surface area contributed by atoms with Crippen molar-refractivity contribution in [2.75, 3.05) is 18.7 Å². The summed E-state index contributed by atoms with van der Waals surface area (Å²) in [6, 6.07) is 12.0. The maximum atomic E-state index is 12.6. The van der Waals surface area contributed by atoms with Crippen LogP contribution in [0, 0.1) is 0 Å². The van der Waals surface area contributed by atoms with Crippen LogP contribution in [0.25, 0.3) is 0 Å². The molecule has 152 valence electrons. The van der Waals surface area contributed by atoms with Crippen LogP contribution in [-0.4, -0.2) is 31.1 Å². The van der Waals surface area contributed by atoms with E-state index in [1.807, 2.05) is 13.0 Å². The summed E-state index contributed by atoms with van der Waals surface area (Å²) in [4.78, 5) is 36.6. The molecule has 3 N–H and O–H groups in total. The molecule has 0 fully saturated rings. The summed E-state index contributed by atoms with van der Waals surface area (Å²) < 4.78 is 10.6. The average Bonchev–Trinajstić information content (AvgIpc) is 3.20. The van der Waals surface area contributed by atoms with Gasteiger partial charge >= 0.3 is 11.8 Å². The molecular weight excluding hydrogens is 374 g/mol. The van der Waals surface area contributed by atoms with Crippen LogP contribution in [0.2, 0.25) is 0 Å². The van der Waals surface area contributed by atoms with Gasteiger partial charge in [0.25, 0.3) is 5.91 Å². The van der Waals surface area contributed by atoms with E-state index in [4.69, 9.17) is 9.47 Å². The highest BCUT2D eigenvalue weighted by molar-refractivity contribution is 6.40. The largest absolute Gasteiger partial charge is 0.454 e. The lowest BCUT2D eigenvalue weighted by Gasteiger charge is -2.12. The molecule has 3 rings (SSSR count). The Bertz CT molecular complexity index is 913. The van der Waals surface area contributed by atoms with Gasteiger partial charge in [0.05, 0.1) is 11.3 Å². The minimum absolute atomic E-state index is 0.185. The maximum Gasteiger partial charge on any atom is 0.313 e. The molecule has 0 radical (unpaired) electrons. The van der Waals surface area contributed by atoms with Crippen LogP contribution in [0.5, 0.6) is 11.5 Å². The minimum atomic E-state index is -0.808. The summed E-state index contributed by atoms with van der Waals surface area (Å²) in [5.41, 5.74) is 1.38. The van der Waals surface area contributed by atoms with E-state index in [-0.39, 0.29) is 30.5 Å². The number of nitrogens with one attached hydrogen (secondary N) is 3. The lowest BCUT2D eigenvalue weighted by Crippen LogP contribution is -2.36. The normalized spacial score (nSPS) is 11.6. The summed E-state index contributed by atoms with van der Waals surface area (Å²) in [6.45, 7) is 2.88. The zero-order valence-electron chi connectivity index (χ0n) is 16.1. The van der Waals surface area contributed by atoms with E-state index in [0.29, 0.717) is 18.0 Å². The number of rotatable bonds is 7. The Balaban J connectivity index is 1.61. The van der Waals surface area contributed by atoms with Gasteiger partial charge in [0.15, 0.2) is 11.5 Å². The molecule has 2 aromatic carbocycles. The molecule has 0 spiro atoms. The molecule has 0 bridgehead atoms. The average molecular weight is 397 g/mol. The Morgan fingerprint density at radius 3 is 2.59 bits per heavy atom. The van der Waals surface area contributed by atoms with Crippen molar-refractivity contribution in [3.63, 3.8) is 0 Å². The van der Waals surface area contributed by atoms with E-state index >= 15 is 0 Å². The Hall–Kier alpha value is -3.55. The highest BCUT2D eigenvalue weighted by Gasteiger charge is 2.18. The first-order valence-corrected chi connectivity index (χ1v) is 9.43. The van der Waals surface area contributed by atoms with Crippen LogP contribution >= 0.6 is 0 Å². The molecule has 1 aliphatic rings. The van der Waals surface area contributed by atoms with E-state index in [2.05, 4.69) is 16.0 Å². The van der Waals surface area contributed by atoms with Crippen molar-refractivity contribution < 1.29 is 23.9 Å². The Morgan fingerprint density at radius 1 is 0.966 bits per heavy atom. The predicted octanol–water partition coefficient (Wildman–Crippen LogP) is 2.20. The SMILES string of the molecule is CCCCNC(=O)C(=O)Nc1ccccc1C(=O)NCc1ccc2c(c1)OCO2. The van der Waals surface area contributed by atoms with Crippen molar-refractivity contribution >= 4 is 23.4 Å². The van der Waals surface area contributed by atoms with E-state index in [1.54, 1.807) is 36.4 Å². The lowest BCUT2D eigenvalue weighted by atomic mass is 10.1. The number of anilines is 1. The number of ether oxygens (including phenoxy) is 2. The van der Waals surface area contributed by atoms with Gasteiger partial charge in [0.1, 0.15) is 0 Å². The maximum absolute atomic E-state index is 12.6. The molecule has 0 saturated heterocycles. The molecular formula is C21H23N3O5. The van der Waals surface area contributed by atoms with Gasteiger partial charge in [-0.25, -0.2) is 0 Å². The molecule has 8 heteroatoms. The third-order valence-corrected chi connectivity index (χ3v) is 4.33. The number of hydrogen-bond acceptors (Lipinski definition) is 5. The fraction of sp³-hybridized carbons (Fsp3) is 0.286. The van der Waals surface area contributed by atoms with Gasteiger partial charge in [0, 0.05) is 13.1 Å². The second kappa shape index (κ2) is 9.59. The molecule has 1 heterocycles. The predicted molar refractivity (Wildman–Crippen MR) is 107 cm³/mol. The van der Waals surface area contributed by atoms with Crippen molar-refractivity contribution in [1.82, 2.24) is 10.6 Å². The second-order valence-electron chi connectivity index (χ2n) is 6.48. The zero-order valence-corrected chi connectivity index (χ0v) is 16.1. The van der Waals surface area contributed by atoms with Crippen LogP contribution in [0.4, 0.5) is 5.69 Å². The van der Waals surface area contributed by atoms with Crippen molar-refractivity contribution in [2.45, 2.75) is 26.3 Å². The number of carbonyl (C=O) groups excluding carboxylic acids is 3. The fourth-order valence-electron chi connectivity index (χ4n) is 2.76. The Labute approximate surface area is 168 Å². The lowest BCUT2D eigenvalue weighted by molar-refractivity contribution is -0.136. The molecule has 2 aromatic rings. The highest BCUT2D eigenvalue weighted by atomic mass is 16.7. The quantitative estimate of drug-likeness (QED) is 0.491. The van der Waals surface area contributed by atoms with Crippen molar-refractivity contribution in [3.05, 3.63) is 53.6 Å². The number of fused-ring (bicyclic) bond motifs is 1.